The second-order valence-electron chi connectivity index (χ2n) is 3.84. The fraction of sp³-hybridized carbons (Fsp3) is 0.500. The van der Waals surface area contributed by atoms with Crippen molar-refractivity contribution in [2.75, 3.05) is 0 Å². The first-order valence-electron chi connectivity index (χ1n) is 5.07. The van der Waals surface area contributed by atoms with Crippen molar-refractivity contribution >= 4 is 0 Å². The lowest BCUT2D eigenvalue weighted by Crippen LogP contribution is -2.35. The monoisotopic (exact) mass is 193 g/mol. The topological polar surface area (TPSA) is 32.3 Å². The van der Waals surface area contributed by atoms with Crippen molar-refractivity contribution in [3.05, 3.63) is 35.4 Å². The standard InChI is InChI=1S/C12H19NO/c1-9-6-4-5-7-12(9)8-13-10(2)11(3)14/h4-7,10-11,13-14H,8H2,1-3H3. The molecule has 2 nitrogen and oxygen atoms in total. The molecule has 0 heterocycles. The molecule has 78 valence electrons. The van der Waals surface area contributed by atoms with Crippen molar-refractivity contribution in [1.29, 1.82) is 0 Å². The van der Waals surface area contributed by atoms with Crippen LogP contribution in [0.1, 0.15) is 25.0 Å². The van der Waals surface area contributed by atoms with E-state index in [2.05, 4.69) is 24.4 Å². The molecule has 1 aromatic rings. The van der Waals surface area contributed by atoms with Crippen molar-refractivity contribution in [3.63, 3.8) is 0 Å². The van der Waals surface area contributed by atoms with E-state index in [9.17, 15) is 5.11 Å². The Balaban J connectivity index is 2.50. The predicted octanol–water partition coefficient (Wildman–Crippen LogP) is 1.85. The van der Waals surface area contributed by atoms with Crippen LogP contribution in [-0.2, 0) is 6.54 Å². The first-order valence-corrected chi connectivity index (χ1v) is 5.07. The van der Waals surface area contributed by atoms with Crippen LogP contribution < -0.4 is 5.32 Å². The highest BCUT2D eigenvalue weighted by molar-refractivity contribution is 5.25. The number of aliphatic hydroxyl groups is 1. The quantitative estimate of drug-likeness (QED) is 0.765. The fourth-order valence-corrected chi connectivity index (χ4v) is 1.25. The average molecular weight is 193 g/mol. The first-order chi connectivity index (χ1) is 6.61. The minimum Gasteiger partial charge on any atom is -0.392 e. The van der Waals surface area contributed by atoms with E-state index in [0.29, 0.717) is 0 Å². The van der Waals surface area contributed by atoms with Crippen LogP contribution in [-0.4, -0.2) is 17.3 Å². The van der Waals surface area contributed by atoms with E-state index in [1.807, 2.05) is 19.1 Å². The molecule has 1 aromatic carbocycles. The van der Waals surface area contributed by atoms with Gasteiger partial charge in [-0.25, -0.2) is 0 Å². The van der Waals surface area contributed by atoms with Crippen LogP contribution in [0.2, 0.25) is 0 Å². The molecule has 0 radical (unpaired) electrons. The van der Waals surface area contributed by atoms with Gasteiger partial charge < -0.3 is 10.4 Å². The van der Waals surface area contributed by atoms with Gasteiger partial charge in [0.1, 0.15) is 0 Å². The molecule has 0 amide bonds. The molecular formula is C12H19NO. The van der Waals surface area contributed by atoms with E-state index in [0.717, 1.165) is 6.54 Å². The van der Waals surface area contributed by atoms with Crippen molar-refractivity contribution in [3.8, 4) is 0 Å². The summed E-state index contributed by atoms with van der Waals surface area (Å²) in [4.78, 5) is 0. The van der Waals surface area contributed by atoms with Gasteiger partial charge in [0, 0.05) is 12.6 Å². The van der Waals surface area contributed by atoms with Gasteiger partial charge >= 0.3 is 0 Å². The maximum Gasteiger partial charge on any atom is 0.0662 e. The number of rotatable bonds is 4. The van der Waals surface area contributed by atoms with Gasteiger partial charge in [0.05, 0.1) is 6.10 Å². The third kappa shape index (κ3) is 3.13. The average Bonchev–Trinajstić information content (AvgIpc) is 2.16. The maximum absolute atomic E-state index is 9.31. The summed E-state index contributed by atoms with van der Waals surface area (Å²) in [5, 5.41) is 12.6. The Hall–Kier alpha value is -0.860. The van der Waals surface area contributed by atoms with Crippen LogP contribution in [0.5, 0.6) is 0 Å². The van der Waals surface area contributed by atoms with E-state index >= 15 is 0 Å². The van der Waals surface area contributed by atoms with Gasteiger partial charge in [-0.3, -0.25) is 0 Å². The summed E-state index contributed by atoms with van der Waals surface area (Å²) >= 11 is 0. The largest absolute Gasteiger partial charge is 0.392 e. The van der Waals surface area contributed by atoms with Crippen LogP contribution >= 0.6 is 0 Å². The highest BCUT2D eigenvalue weighted by Gasteiger charge is 2.07. The Bertz CT molecular complexity index is 283. The molecule has 2 N–H and O–H groups in total. The molecule has 14 heavy (non-hydrogen) atoms. The zero-order valence-corrected chi connectivity index (χ0v) is 9.12. The van der Waals surface area contributed by atoms with Crippen molar-refractivity contribution < 1.29 is 5.11 Å². The summed E-state index contributed by atoms with van der Waals surface area (Å²) in [7, 11) is 0. The molecule has 0 aliphatic rings. The summed E-state index contributed by atoms with van der Waals surface area (Å²) in [6.45, 7) is 6.71. The maximum atomic E-state index is 9.31. The molecule has 1 rings (SSSR count). The molecule has 2 unspecified atom stereocenters. The van der Waals surface area contributed by atoms with Crippen LogP contribution in [0, 0.1) is 6.92 Å². The smallest absolute Gasteiger partial charge is 0.0662 e. The van der Waals surface area contributed by atoms with E-state index < -0.39 is 0 Å². The minimum absolute atomic E-state index is 0.134. The van der Waals surface area contributed by atoms with Gasteiger partial charge in [-0.05, 0) is 31.9 Å². The number of aryl methyl sites for hydroxylation is 1. The molecule has 0 fully saturated rings. The predicted molar refractivity (Wildman–Crippen MR) is 59.2 cm³/mol. The summed E-state index contributed by atoms with van der Waals surface area (Å²) < 4.78 is 0. The van der Waals surface area contributed by atoms with E-state index in [4.69, 9.17) is 0 Å². The Morgan fingerprint density at radius 2 is 1.93 bits per heavy atom. The van der Waals surface area contributed by atoms with Crippen LogP contribution in [0.15, 0.2) is 24.3 Å². The molecule has 0 aliphatic heterocycles. The third-order valence-electron chi connectivity index (χ3n) is 2.60. The summed E-state index contributed by atoms with van der Waals surface area (Å²) in [6, 6.07) is 8.42. The lowest BCUT2D eigenvalue weighted by atomic mass is 10.1. The lowest BCUT2D eigenvalue weighted by Gasteiger charge is -2.17. The van der Waals surface area contributed by atoms with Crippen molar-refractivity contribution in [1.82, 2.24) is 5.32 Å². The van der Waals surface area contributed by atoms with Crippen LogP contribution in [0.4, 0.5) is 0 Å². The summed E-state index contributed by atoms with van der Waals surface area (Å²) in [5.74, 6) is 0. The summed E-state index contributed by atoms with van der Waals surface area (Å²) in [6.07, 6.45) is -0.306. The van der Waals surface area contributed by atoms with Gasteiger partial charge in [0.15, 0.2) is 0 Å². The molecule has 2 atom stereocenters. The molecular weight excluding hydrogens is 174 g/mol. The van der Waals surface area contributed by atoms with Crippen LogP contribution in [0.3, 0.4) is 0 Å². The number of hydrogen-bond acceptors (Lipinski definition) is 2. The second-order valence-corrected chi connectivity index (χ2v) is 3.84. The summed E-state index contributed by atoms with van der Waals surface area (Å²) in [5.41, 5.74) is 2.58. The zero-order valence-electron chi connectivity index (χ0n) is 9.12. The molecule has 0 bridgehead atoms. The molecule has 0 saturated heterocycles. The second kappa shape index (κ2) is 5.13. The van der Waals surface area contributed by atoms with Crippen molar-refractivity contribution in [2.45, 2.75) is 39.5 Å². The van der Waals surface area contributed by atoms with E-state index in [1.54, 1.807) is 6.92 Å². The number of aliphatic hydroxyl groups excluding tert-OH is 1. The van der Waals surface area contributed by atoms with Gasteiger partial charge in [-0.15, -0.1) is 0 Å². The third-order valence-corrected chi connectivity index (χ3v) is 2.60. The molecule has 2 heteroatoms. The number of benzene rings is 1. The van der Waals surface area contributed by atoms with E-state index in [-0.39, 0.29) is 12.1 Å². The van der Waals surface area contributed by atoms with Gasteiger partial charge in [-0.2, -0.15) is 0 Å². The number of hydrogen-bond donors (Lipinski definition) is 2. The van der Waals surface area contributed by atoms with Gasteiger partial charge in [0.25, 0.3) is 0 Å². The fourth-order valence-electron chi connectivity index (χ4n) is 1.25. The highest BCUT2D eigenvalue weighted by Crippen LogP contribution is 2.06. The van der Waals surface area contributed by atoms with E-state index in [1.165, 1.54) is 11.1 Å². The Labute approximate surface area is 86.0 Å². The van der Waals surface area contributed by atoms with Gasteiger partial charge in [0.2, 0.25) is 0 Å². The van der Waals surface area contributed by atoms with Crippen molar-refractivity contribution in [2.24, 2.45) is 0 Å². The normalized spacial score (nSPS) is 15.1. The highest BCUT2D eigenvalue weighted by atomic mass is 16.3. The Morgan fingerprint density at radius 3 is 2.50 bits per heavy atom. The Morgan fingerprint density at radius 1 is 1.29 bits per heavy atom. The lowest BCUT2D eigenvalue weighted by molar-refractivity contribution is 0.152. The number of nitrogens with one attached hydrogen (secondary N) is 1. The molecule has 0 spiro atoms. The zero-order chi connectivity index (χ0) is 10.6. The molecule has 0 saturated carbocycles. The first kappa shape index (κ1) is 11.2. The SMILES string of the molecule is Cc1ccccc1CNC(C)C(C)O. The molecule has 0 aliphatic carbocycles. The van der Waals surface area contributed by atoms with Crippen LogP contribution in [0.25, 0.3) is 0 Å². The van der Waals surface area contributed by atoms with Gasteiger partial charge in [-0.1, -0.05) is 24.3 Å². The molecule has 0 aromatic heterocycles. The Kier molecular flexibility index (Phi) is 4.11. The minimum atomic E-state index is -0.306.